The van der Waals surface area contributed by atoms with Gasteiger partial charge in [-0.1, -0.05) is 0 Å². The van der Waals surface area contributed by atoms with Gasteiger partial charge in [-0.05, 0) is 6.92 Å². The number of rotatable bonds is 1. The van der Waals surface area contributed by atoms with Crippen LogP contribution >= 0.6 is 0 Å². The normalized spacial score (nSPS) is 23.6. The second kappa shape index (κ2) is 3.05. The topological polar surface area (TPSA) is 21.1 Å². The Bertz CT molecular complexity index is 57.5. The van der Waals surface area contributed by atoms with E-state index in [0.717, 1.165) is 0 Å². The van der Waals surface area contributed by atoms with Gasteiger partial charge in [0.15, 0.2) is 0 Å². The van der Waals surface area contributed by atoms with Crippen molar-refractivity contribution in [2.75, 3.05) is 32.7 Å². The van der Waals surface area contributed by atoms with Crippen LogP contribution < -0.4 is 10.2 Å². The van der Waals surface area contributed by atoms with Crippen molar-refractivity contribution in [3.05, 3.63) is 0 Å². The number of nitrogens with two attached hydrogens (primary N) is 1. The fraction of sp³-hybridized carbons (Fsp3) is 1.00. The van der Waals surface area contributed by atoms with Gasteiger partial charge < -0.3 is 10.2 Å². The molecule has 1 aliphatic rings. The Kier molecular flexibility index (Phi) is 2.30. The van der Waals surface area contributed by atoms with E-state index in [1.165, 1.54) is 32.7 Å². The zero-order chi connectivity index (χ0) is 5.82. The highest BCUT2D eigenvalue weighted by Crippen LogP contribution is 1.51. The van der Waals surface area contributed by atoms with Crippen LogP contribution in [-0.2, 0) is 0 Å². The summed E-state index contributed by atoms with van der Waals surface area (Å²) in [6, 6.07) is 0. The molecule has 2 heteroatoms. The lowest BCUT2D eigenvalue weighted by Crippen LogP contribution is -3.20. The zero-order valence-electron chi connectivity index (χ0n) is 5.61. The van der Waals surface area contributed by atoms with Crippen molar-refractivity contribution in [2.45, 2.75) is 6.92 Å². The van der Waals surface area contributed by atoms with E-state index in [9.17, 15) is 0 Å². The van der Waals surface area contributed by atoms with Crippen LogP contribution in [-0.4, -0.2) is 32.7 Å². The predicted molar refractivity (Wildman–Crippen MR) is 32.9 cm³/mol. The summed E-state index contributed by atoms with van der Waals surface area (Å²) < 4.78 is 0. The molecule has 1 aliphatic heterocycles. The summed E-state index contributed by atoms with van der Waals surface area (Å²) in [5.74, 6) is 0. The fourth-order valence-electron chi connectivity index (χ4n) is 1.24. The number of piperazine rings is 1. The van der Waals surface area contributed by atoms with Gasteiger partial charge >= 0.3 is 0 Å². The third-order valence-corrected chi connectivity index (χ3v) is 1.90. The summed E-state index contributed by atoms with van der Waals surface area (Å²) >= 11 is 0. The molecule has 1 heterocycles. The van der Waals surface area contributed by atoms with Gasteiger partial charge in [0.25, 0.3) is 0 Å². The van der Waals surface area contributed by atoms with Gasteiger partial charge in [0.2, 0.25) is 0 Å². The maximum absolute atomic E-state index is 2.40. The molecule has 0 saturated carbocycles. The number of likely N-dealkylation sites (N-methyl/N-ethyl adjacent to an activating group) is 1. The molecule has 0 aromatic heterocycles. The lowest BCUT2D eigenvalue weighted by Gasteiger charge is -2.19. The summed E-state index contributed by atoms with van der Waals surface area (Å²) in [6.45, 7) is 8.99. The molecule has 1 fully saturated rings. The van der Waals surface area contributed by atoms with Crippen LogP contribution in [0.15, 0.2) is 0 Å². The van der Waals surface area contributed by atoms with Crippen molar-refractivity contribution in [3.8, 4) is 0 Å². The van der Waals surface area contributed by atoms with E-state index >= 15 is 0 Å². The predicted octanol–water partition coefficient (Wildman–Crippen LogP) is -2.53. The molecule has 0 aromatic carbocycles. The lowest BCUT2D eigenvalue weighted by molar-refractivity contribution is -0.945. The minimum Gasteiger partial charge on any atom is -0.337 e. The summed E-state index contributed by atoms with van der Waals surface area (Å²) in [5.41, 5.74) is 0. The monoisotopic (exact) mass is 116 g/mol. The van der Waals surface area contributed by atoms with Crippen molar-refractivity contribution in [2.24, 2.45) is 0 Å². The molecule has 0 bridgehead atoms. The van der Waals surface area contributed by atoms with Crippen molar-refractivity contribution < 1.29 is 10.2 Å². The van der Waals surface area contributed by atoms with Gasteiger partial charge in [0.1, 0.15) is 26.2 Å². The molecular weight excluding hydrogens is 100 g/mol. The standard InChI is InChI=1S/C6H14N2/c1-2-8-5-3-7-4-6-8/h7H,2-6H2,1H3/p+2. The average Bonchev–Trinajstić information content (AvgIpc) is 1.90. The van der Waals surface area contributed by atoms with Crippen molar-refractivity contribution >= 4 is 0 Å². The first-order valence-electron chi connectivity index (χ1n) is 3.58. The minimum atomic E-state index is 1.31. The van der Waals surface area contributed by atoms with Crippen molar-refractivity contribution in [1.29, 1.82) is 0 Å². The third-order valence-electron chi connectivity index (χ3n) is 1.90. The third kappa shape index (κ3) is 1.46. The number of quaternary nitrogens is 2. The fourth-order valence-corrected chi connectivity index (χ4v) is 1.24. The highest BCUT2D eigenvalue weighted by atomic mass is 15.2. The first kappa shape index (κ1) is 6.05. The quantitative estimate of drug-likeness (QED) is 0.377. The maximum atomic E-state index is 2.40. The molecule has 0 radical (unpaired) electrons. The molecule has 0 amide bonds. The smallest absolute Gasteiger partial charge is 0.127 e. The van der Waals surface area contributed by atoms with Gasteiger partial charge in [0, 0.05) is 0 Å². The van der Waals surface area contributed by atoms with Crippen LogP contribution in [0.25, 0.3) is 0 Å². The second-order valence-corrected chi connectivity index (χ2v) is 2.47. The molecular formula is C6H16N2+2. The van der Waals surface area contributed by atoms with Crippen LogP contribution in [0.1, 0.15) is 6.92 Å². The number of nitrogens with one attached hydrogen (secondary N) is 1. The van der Waals surface area contributed by atoms with Gasteiger partial charge in [-0.2, -0.15) is 0 Å². The molecule has 0 spiro atoms. The maximum Gasteiger partial charge on any atom is 0.127 e. The summed E-state index contributed by atoms with van der Waals surface area (Å²) in [7, 11) is 0. The van der Waals surface area contributed by atoms with Crippen molar-refractivity contribution in [1.82, 2.24) is 0 Å². The van der Waals surface area contributed by atoms with E-state index in [1.54, 1.807) is 4.90 Å². The summed E-state index contributed by atoms with van der Waals surface area (Å²) in [5, 5.41) is 2.40. The Morgan fingerprint density at radius 2 is 2.00 bits per heavy atom. The van der Waals surface area contributed by atoms with E-state index in [1.807, 2.05) is 0 Å². The number of hydrogen-bond donors (Lipinski definition) is 2. The summed E-state index contributed by atoms with van der Waals surface area (Å²) in [6.07, 6.45) is 0. The molecule has 1 rings (SSSR count). The molecule has 2 nitrogen and oxygen atoms in total. The highest BCUT2D eigenvalue weighted by molar-refractivity contribution is 4.30. The van der Waals surface area contributed by atoms with Crippen LogP contribution in [0.5, 0.6) is 0 Å². The molecule has 3 N–H and O–H groups in total. The molecule has 1 saturated heterocycles. The van der Waals surface area contributed by atoms with Crippen molar-refractivity contribution in [3.63, 3.8) is 0 Å². The van der Waals surface area contributed by atoms with E-state index in [0.29, 0.717) is 0 Å². The molecule has 0 atom stereocenters. The Morgan fingerprint density at radius 3 is 2.38 bits per heavy atom. The van der Waals surface area contributed by atoms with Gasteiger partial charge in [-0.3, -0.25) is 0 Å². The molecule has 48 valence electrons. The first-order chi connectivity index (χ1) is 3.93. The molecule has 8 heavy (non-hydrogen) atoms. The summed E-state index contributed by atoms with van der Waals surface area (Å²) in [4.78, 5) is 1.77. The molecule has 0 unspecified atom stereocenters. The second-order valence-electron chi connectivity index (χ2n) is 2.47. The molecule has 0 aromatic rings. The zero-order valence-corrected chi connectivity index (χ0v) is 5.61. The van der Waals surface area contributed by atoms with Gasteiger partial charge in [0.05, 0.1) is 6.54 Å². The number of hydrogen-bond acceptors (Lipinski definition) is 0. The first-order valence-corrected chi connectivity index (χ1v) is 3.58. The van der Waals surface area contributed by atoms with Crippen LogP contribution in [0.2, 0.25) is 0 Å². The largest absolute Gasteiger partial charge is 0.337 e. The van der Waals surface area contributed by atoms with Gasteiger partial charge in [-0.25, -0.2) is 0 Å². The van der Waals surface area contributed by atoms with E-state index in [4.69, 9.17) is 0 Å². The van der Waals surface area contributed by atoms with Crippen LogP contribution in [0.3, 0.4) is 0 Å². The van der Waals surface area contributed by atoms with Gasteiger partial charge in [-0.15, -0.1) is 0 Å². The Labute approximate surface area is 50.9 Å². The Balaban J connectivity index is 2.13. The lowest BCUT2D eigenvalue weighted by atomic mass is 10.4. The minimum absolute atomic E-state index is 1.31. The van der Waals surface area contributed by atoms with E-state index in [-0.39, 0.29) is 0 Å². The average molecular weight is 116 g/mol. The Morgan fingerprint density at radius 1 is 1.38 bits per heavy atom. The van der Waals surface area contributed by atoms with E-state index < -0.39 is 0 Å². The molecule has 0 aliphatic carbocycles. The van der Waals surface area contributed by atoms with Crippen LogP contribution in [0.4, 0.5) is 0 Å². The SMILES string of the molecule is CC[NH+]1CC[NH2+]CC1. The Hall–Kier alpha value is -0.0800. The van der Waals surface area contributed by atoms with E-state index in [2.05, 4.69) is 12.2 Å². The highest BCUT2D eigenvalue weighted by Gasteiger charge is 2.11. The van der Waals surface area contributed by atoms with Crippen LogP contribution in [0, 0.1) is 0 Å².